The molecule has 2 fully saturated rings. The number of fused-ring (bicyclic) bond motifs is 4. The van der Waals surface area contributed by atoms with Crippen LogP contribution in [0.4, 0.5) is 4.79 Å². The van der Waals surface area contributed by atoms with E-state index in [2.05, 4.69) is 27.2 Å². The van der Waals surface area contributed by atoms with E-state index in [0.29, 0.717) is 88.3 Å². The van der Waals surface area contributed by atoms with E-state index in [1.165, 1.54) is 11.6 Å². The van der Waals surface area contributed by atoms with Gasteiger partial charge in [-0.1, -0.05) is 24.3 Å². The number of rotatable bonds is 20. The maximum absolute atomic E-state index is 13.4. The molecular weight excluding hydrogens is 1060 g/mol. The first-order valence-electron chi connectivity index (χ1n) is 29.0. The summed E-state index contributed by atoms with van der Waals surface area (Å²) < 4.78 is 53.4. The number of piperidine rings is 2. The average Bonchev–Trinajstić information content (AvgIpc) is 3.60. The standard InChI is InChI=1S/C34H43N3O8.C29H35N3O6/c1-5-41-32(39)23-44-28-8-6-7-27-26(28)10-12-31(38)36(27)18-17-35-15-13-25(14-16-35)37(33(40)45-34(2,3)4)22-24-9-11-29-30(21-24)43-20-19-42-29;1-2-35-29(34)20-38-25-5-3-4-24-23(25)7-9-28(33)32(24)15-14-31-12-10-22(11-13-31)30-19-21-6-8-26-27(18-21)37-17-16-36-26/h6-12,21,25H,5,13-20,22-23H2,1-4H3;3-9,18,22,30H,2,10-17,19-20H2,1H3. The molecule has 0 atom stereocenters. The van der Waals surface area contributed by atoms with Gasteiger partial charge in [-0.2, -0.15) is 0 Å². The van der Waals surface area contributed by atoms with Gasteiger partial charge in [0.25, 0.3) is 11.1 Å². The van der Waals surface area contributed by atoms with Crippen LogP contribution in [-0.4, -0.2) is 152 Å². The van der Waals surface area contributed by atoms with Crippen LogP contribution in [0.2, 0.25) is 0 Å². The first kappa shape index (κ1) is 59.8. The smallest absolute Gasteiger partial charge is 0.410 e. The molecule has 2 saturated heterocycles. The topological polar surface area (TPSA) is 200 Å². The fourth-order valence-corrected chi connectivity index (χ4v) is 10.8. The number of carbonyl (C=O) groups is 3. The van der Waals surface area contributed by atoms with E-state index in [0.717, 1.165) is 104 Å². The molecule has 0 aliphatic carbocycles. The summed E-state index contributed by atoms with van der Waals surface area (Å²) in [4.78, 5) is 69.2. The molecule has 2 aromatic heterocycles. The van der Waals surface area contributed by atoms with E-state index in [1.807, 2.05) is 74.2 Å². The van der Waals surface area contributed by atoms with E-state index in [4.69, 9.17) is 42.6 Å². The monoisotopic (exact) mass is 1140 g/mol. The number of pyridine rings is 2. The quantitative estimate of drug-likeness (QED) is 0.0579. The van der Waals surface area contributed by atoms with Gasteiger partial charge >= 0.3 is 18.0 Å². The van der Waals surface area contributed by atoms with Crippen molar-refractivity contribution < 1.29 is 57.0 Å². The van der Waals surface area contributed by atoms with Crippen molar-refractivity contribution in [2.24, 2.45) is 0 Å². The summed E-state index contributed by atoms with van der Waals surface area (Å²) in [6.45, 7) is 18.9. The van der Waals surface area contributed by atoms with Gasteiger partial charge < -0.3 is 71.8 Å². The zero-order chi connectivity index (χ0) is 58.3. The normalized spacial score (nSPS) is 15.7. The number of esters is 2. The molecule has 6 aromatic rings. The highest BCUT2D eigenvalue weighted by Gasteiger charge is 2.32. The number of ether oxygens (including phenoxy) is 9. The van der Waals surface area contributed by atoms with Gasteiger partial charge in [0.2, 0.25) is 0 Å². The summed E-state index contributed by atoms with van der Waals surface area (Å²) in [5.41, 5.74) is 2.93. The van der Waals surface area contributed by atoms with Gasteiger partial charge in [-0.05, 0) is 145 Å². The van der Waals surface area contributed by atoms with Gasteiger partial charge in [0.15, 0.2) is 36.2 Å². The highest BCUT2D eigenvalue weighted by Crippen LogP contribution is 2.34. The van der Waals surface area contributed by atoms with Crippen LogP contribution in [0.15, 0.2) is 107 Å². The van der Waals surface area contributed by atoms with Crippen molar-refractivity contribution in [1.82, 2.24) is 29.2 Å². The number of hydrogen-bond acceptors (Lipinski definition) is 17. The first-order chi connectivity index (χ1) is 40.2. The third-order valence-corrected chi connectivity index (χ3v) is 14.9. The van der Waals surface area contributed by atoms with Crippen LogP contribution in [0.3, 0.4) is 0 Å². The number of aromatic nitrogens is 2. The predicted molar refractivity (Wildman–Crippen MR) is 313 cm³/mol. The van der Waals surface area contributed by atoms with Crippen molar-refractivity contribution in [2.45, 2.75) is 104 Å². The lowest BCUT2D eigenvalue weighted by Crippen LogP contribution is -2.49. The second kappa shape index (κ2) is 28.5. The number of amides is 1. The van der Waals surface area contributed by atoms with E-state index >= 15 is 0 Å². The van der Waals surface area contributed by atoms with Crippen LogP contribution in [0, 0.1) is 0 Å². The Balaban J connectivity index is 0.000000202. The molecule has 0 bridgehead atoms. The second-order valence-corrected chi connectivity index (χ2v) is 21.8. The molecule has 4 aliphatic heterocycles. The van der Waals surface area contributed by atoms with Gasteiger partial charge in [-0.15, -0.1) is 0 Å². The zero-order valence-corrected chi connectivity index (χ0v) is 48.4. The molecule has 10 rings (SSSR count). The van der Waals surface area contributed by atoms with Crippen molar-refractivity contribution in [1.29, 1.82) is 0 Å². The van der Waals surface area contributed by atoms with Gasteiger partial charge in [0, 0.05) is 87.3 Å². The number of hydrogen-bond donors (Lipinski definition) is 1. The lowest BCUT2D eigenvalue weighted by atomic mass is 10.0. The summed E-state index contributed by atoms with van der Waals surface area (Å²) in [6, 6.07) is 30.0. The molecule has 0 radical (unpaired) electrons. The third kappa shape index (κ3) is 16.3. The maximum Gasteiger partial charge on any atom is 0.410 e. The highest BCUT2D eigenvalue weighted by atomic mass is 16.6. The van der Waals surface area contributed by atoms with Crippen molar-refractivity contribution in [3.8, 4) is 34.5 Å². The molecule has 20 heteroatoms. The van der Waals surface area contributed by atoms with Gasteiger partial charge in [-0.3, -0.25) is 9.59 Å². The SMILES string of the molecule is CCOC(=O)COc1cccc2c1ccc(=O)n2CCN1CCC(N(Cc2ccc3c(c2)OCCO3)C(=O)OC(C)(C)C)CC1.CCOC(=O)COc1cccc2c1ccc(=O)n2CCN1CCC(NCc2ccc3c(c2)OCCO3)CC1. The molecule has 1 amide bonds. The number of likely N-dealkylation sites (tertiary alicyclic amines) is 2. The maximum atomic E-state index is 13.4. The Hall–Kier alpha value is -7.81. The van der Waals surface area contributed by atoms with Crippen molar-refractivity contribution >= 4 is 39.8 Å². The second-order valence-electron chi connectivity index (χ2n) is 21.8. The Morgan fingerprint density at radius 3 is 1.54 bits per heavy atom. The van der Waals surface area contributed by atoms with Crippen molar-refractivity contribution in [2.75, 3.05) is 92.1 Å². The predicted octanol–water partition coefficient (Wildman–Crippen LogP) is 7.59. The van der Waals surface area contributed by atoms with E-state index < -0.39 is 17.5 Å². The van der Waals surface area contributed by atoms with Crippen LogP contribution in [0.5, 0.6) is 34.5 Å². The summed E-state index contributed by atoms with van der Waals surface area (Å²) in [5, 5.41) is 5.24. The zero-order valence-electron chi connectivity index (χ0n) is 48.4. The Bertz CT molecular complexity index is 3300. The van der Waals surface area contributed by atoms with Crippen molar-refractivity contribution in [3.05, 3.63) is 129 Å². The largest absolute Gasteiger partial charge is 0.486 e. The van der Waals surface area contributed by atoms with Crippen LogP contribution in [0.25, 0.3) is 21.8 Å². The molecule has 444 valence electrons. The molecule has 0 unspecified atom stereocenters. The number of benzene rings is 4. The van der Waals surface area contributed by atoms with Gasteiger partial charge in [-0.25, -0.2) is 14.4 Å². The Morgan fingerprint density at radius 1 is 0.578 bits per heavy atom. The van der Waals surface area contributed by atoms with Gasteiger partial charge in [0.05, 0.1) is 24.2 Å². The number of nitrogens with zero attached hydrogens (tertiary/aromatic N) is 5. The molecule has 1 N–H and O–H groups in total. The minimum atomic E-state index is -0.613. The molecule has 0 saturated carbocycles. The number of nitrogens with one attached hydrogen (secondary N) is 1. The summed E-state index contributed by atoms with van der Waals surface area (Å²) in [7, 11) is 0. The summed E-state index contributed by atoms with van der Waals surface area (Å²) >= 11 is 0. The Kier molecular flexibility index (Phi) is 20.5. The van der Waals surface area contributed by atoms with E-state index in [1.54, 1.807) is 53.3 Å². The minimum absolute atomic E-state index is 0.00341. The fourth-order valence-electron chi connectivity index (χ4n) is 10.8. The van der Waals surface area contributed by atoms with Crippen LogP contribution < -0.4 is 44.9 Å². The van der Waals surface area contributed by atoms with E-state index in [-0.39, 0.29) is 43.1 Å². The molecule has 83 heavy (non-hydrogen) atoms. The highest BCUT2D eigenvalue weighted by molar-refractivity contribution is 5.87. The first-order valence-corrected chi connectivity index (χ1v) is 29.0. The number of carbonyl (C=O) groups excluding carboxylic acids is 3. The summed E-state index contributed by atoms with van der Waals surface area (Å²) in [6.07, 6.45) is 3.33. The molecule has 6 heterocycles. The molecule has 0 spiro atoms. The molecule has 4 aromatic carbocycles. The molecule has 20 nitrogen and oxygen atoms in total. The molecular formula is C63H78N6O14. The van der Waals surface area contributed by atoms with Crippen LogP contribution in [-0.2, 0) is 50.0 Å². The van der Waals surface area contributed by atoms with Gasteiger partial charge in [0.1, 0.15) is 43.5 Å². The minimum Gasteiger partial charge on any atom is -0.486 e. The van der Waals surface area contributed by atoms with Crippen molar-refractivity contribution in [3.63, 3.8) is 0 Å². The Morgan fingerprint density at radius 2 is 1.05 bits per heavy atom. The van der Waals surface area contributed by atoms with E-state index in [9.17, 15) is 24.0 Å². The lowest BCUT2D eigenvalue weighted by molar-refractivity contribution is -0.146. The van der Waals surface area contributed by atoms with Crippen LogP contribution in [0.1, 0.15) is 71.4 Å². The lowest BCUT2D eigenvalue weighted by Gasteiger charge is -2.39. The average molecular weight is 1140 g/mol. The summed E-state index contributed by atoms with van der Waals surface area (Å²) in [5.74, 6) is 3.28. The van der Waals surface area contributed by atoms with Crippen LogP contribution >= 0.6 is 0 Å². The third-order valence-electron chi connectivity index (χ3n) is 14.9. The Labute approximate surface area is 484 Å². The fraction of sp³-hybridized carbons (Fsp3) is 0.476. The molecule has 4 aliphatic rings.